The van der Waals surface area contributed by atoms with Crippen LogP contribution in [0, 0.1) is 11.7 Å². The lowest BCUT2D eigenvalue weighted by atomic mass is 9.95. The average Bonchev–Trinajstić information content (AvgIpc) is 3.64. The van der Waals surface area contributed by atoms with Crippen molar-refractivity contribution in [2.45, 2.75) is 70.1 Å². The molecule has 3 fully saturated rings. The van der Waals surface area contributed by atoms with Gasteiger partial charge in [0.2, 0.25) is 0 Å². The fraction of sp³-hybridized carbons (Fsp3) is 0.583. The molecule has 10 nitrogen and oxygen atoms in total. The fourth-order valence-electron chi connectivity index (χ4n) is 8.37. The highest BCUT2D eigenvalue weighted by Gasteiger charge is 2.49. The Balaban J connectivity index is 1.26. The van der Waals surface area contributed by atoms with Gasteiger partial charge in [0, 0.05) is 62.4 Å². The smallest absolute Gasteiger partial charge is 0.318 e. The average molecular weight is 666 g/mol. The molecule has 5 heterocycles. The molecular weight excluding hydrogens is 620 g/mol. The van der Waals surface area contributed by atoms with Crippen molar-refractivity contribution in [2.24, 2.45) is 5.92 Å². The summed E-state index contributed by atoms with van der Waals surface area (Å²) in [5, 5.41) is 1.75. The van der Waals surface area contributed by atoms with Crippen molar-refractivity contribution in [2.75, 3.05) is 70.1 Å². The summed E-state index contributed by atoms with van der Waals surface area (Å²) in [7, 11) is 3.01. The van der Waals surface area contributed by atoms with Crippen LogP contribution in [0.3, 0.4) is 0 Å². The number of methoxy groups -OCH3 is 2. The molecule has 0 N–H and O–H groups in total. The van der Waals surface area contributed by atoms with Crippen LogP contribution in [-0.2, 0) is 33.7 Å². The summed E-state index contributed by atoms with van der Waals surface area (Å²) in [5.41, 5.74) is 3.03. The van der Waals surface area contributed by atoms with Crippen LogP contribution in [-0.4, -0.2) is 92.9 Å². The maximum absolute atomic E-state index is 15.2. The van der Waals surface area contributed by atoms with Crippen molar-refractivity contribution in [3.8, 4) is 11.8 Å². The van der Waals surface area contributed by atoms with Crippen molar-refractivity contribution >= 4 is 28.2 Å². The number of aryl methyl sites for hydroxylation is 1. The second-order valence-corrected chi connectivity index (χ2v) is 13.6. The number of alkyl halides is 1. The highest BCUT2D eigenvalue weighted by atomic mass is 19.1. The molecule has 0 radical (unpaired) electrons. The number of piperidine rings is 1. The summed E-state index contributed by atoms with van der Waals surface area (Å²) in [6, 6.07) is 7.45. The highest BCUT2D eigenvalue weighted by Crippen LogP contribution is 2.42. The second-order valence-electron chi connectivity index (χ2n) is 13.6. The van der Waals surface area contributed by atoms with Crippen LogP contribution < -0.4 is 19.3 Å². The number of hydrogen-bond acceptors (Lipinski definition) is 10. The first-order valence-corrected chi connectivity index (χ1v) is 17.2. The molecule has 1 aromatic heterocycles. The summed E-state index contributed by atoms with van der Waals surface area (Å²) in [5.74, 6) is 0.725. The van der Waals surface area contributed by atoms with E-state index >= 15 is 4.39 Å². The zero-order valence-electron chi connectivity index (χ0n) is 28.1. The van der Waals surface area contributed by atoms with E-state index < -0.39 is 6.17 Å². The van der Waals surface area contributed by atoms with Crippen LogP contribution >= 0.6 is 0 Å². The number of rotatable bonds is 10. The zero-order valence-corrected chi connectivity index (χ0v) is 28.1. The first kappa shape index (κ1) is 32.8. The Morgan fingerprint density at radius 1 is 1.06 bits per heavy atom. The lowest BCUT2D eigenvalue weighted by molar-refractivity contribution is -0.145. The summed E-state index contributed by atoms with van der Waals surface area (Å²) in [4.78, 5) is 29.1. The molecule has 7 rings (SSSR count). The maximum Gasteiger partial charge on any atom is 0.318 e. The SMILES string of the molecule is CCc1c(F)ccc2cc(OCOC)cc(N3CCc4c(nc(OC[C@@]56CCCN5C[C@H](F)C6)nc4N4CCCC(C(=O)OC)C4)C3)c12. The molecule has 2 aromatic carbocycles. The van der Waals surface area contributed by atoms with Gasteiger partial charge < -0.3 is 28.7 Å². The van der Waals surface area contributed by atoms with E-state index in [0.717, 1.165) is 72.3 Å². The van der Waals surface area contributed by atoms with Gasteiger partial charge in [-0.3, -0.25) is 9.69 Å². The number of esters is 1. The lowest BCUT2D eigenvalue weighted by Gasteiger charge is -2.37. The van der Waals surface area contributed by atoms with Crippen molar-refractivity contribution < 1.29 is 32.5 Å². The molecule has 4 aliphatic heterocycles. The van der Waals surface area contributed by atoms with E-state index in [-0.39, 0.29) is 36.0 Å². The molecule has 0 amide bonds. The Kier molecular flexibility index (Phi) is 9.30. The van der Waals surface area contributed by atoms with Crippen molar-refractivity contribution in [1.29, 1.82) is 0 Å². The molecule has 3 aromatic rings. The monoisotopic (exact) mass is 665 g/mol. The molecule has 4 aliphatic rings. The molecule has 12 heteroatoms. The van der Waals surface area contributed by atoms with E-state index in [4.69, 9.17) is 28.9 Å². The van der Waals surface area contributed by atoms with Crippen LogP contribution in [0.15, 0.2) is 24.3 Å². The standard InChI is InChI=1S/C36H45F2N5O5/c1-4-27-29(38)9-8-23-15-26(48-22-45-2)16-31(32(23)27)41-14-10-28-30(20-41)39-35(47-21-36-11-6-13-43(36)19-25(37)17-36)40-33(28)42-12-5-7-24(18-42)34(44)46-3/h8-9,15-16,24-25H,4-7,10-14,17-22H2,1-3H3/t24?,25-,36+/m1/s1. The number of nitrogens with zero attached hydrogens (tertiary/aromatic N) is 5. The van der Waals surface area contributed by atoms with E-state index in [1.807, 2.05) is 19.1 Å². The number of halogens is 2. The van der Waals surface area contributed by atoms with Gasteiger partial charge in [-0.05, 0) is 68.2 Å². The predicted octanol–water partition coefficient (Wildman–Crippen LogP) is 5.22. The Hall–Kier alpha value is -3.77. The van der Waals surface area contributed by atoms with E-state index in [2.05, 4.69) is 14.7 Å². The molecule has 1 unspecified atom stereocenters. The summed E-state index contributed by atoms with van der Waals surface area (Å²) < 4.78 is 52.3. The minimum absolute atomic E-state index is 0.0946. The Morgan fingerprint density at radius 3 is 2.75 bits per heavy atom. The van der Waals surface area contributed by atoms with Gasteiger partial charge in [-0.15, -0.1) is 0 Å². The van der Waals surface area contributed by atoms with Crippen LogP contribution in [0.25, 0.3) is 10.8 Å². The number of benzene rings is 2. The van der Waals surface area contributed by atoms with Gasteiger partial charge in [-0.25, -0.2) is 8.78 Å². The molecule has 0 spiro atoms. The number of hydrogen-bond donors (Lipinski definition) is 0. The molecule has 48 heavy (non-hydrogen) atoms. The summed E-state index contributed by atoms with van der Waals surface area (Å²) in [6.45, 7) is 6.05. The second kappa shape index (κ2) is 13.6. The number of anilines is 2. The van der Waals surface area contributed by atoms with Gasteiger partial charge in [0.05, 0.1) is 30.8 Å². The molecule has 258 valence electrons. The molecule has 3 saturated heterocycles. The minimum Gasteiger partial charge on any atom is -0.469 e. The highest BCUT2D eigenvalue weighted by molar-refractivity contribution is 5.98. The molecule has 0 aliphatic carbocycles. The van der Waals surface area contributed by atoms with Crippen LogP contribution in [0.1, 0.15) is 55.8 Å². The molecule has 3 atom stereocenters. The fourth-order valence-corrected chi connectivity index (χ4v) is 8.37. The Labute approximate surface area is 280 Å². The van der Waals surface area contributed by atoms with Gasteiger partial charge in [0.15, 0.2) is 6.79 Å². The molecular formula is C36H45F2N5O5. The Bertz CT molecular complexity index is 1680. The first-order valence-electron chi connectivity index (χ1n) is 17.2. The van der Waals surface area contributed by atoms with E-state index in [1.165, 1.54) is 13.2 Å². The predicted molar refractivity (Wildman–Crippen MR) is 178 cm³/mol. The quantitative estimate of drug-likeness (QED) is 0.212. The molecule has 0 bridgehead atoms. The van der Waals surface area contributed by atoms with Crippen molar-refractivity contribution in [3.05, 3.63) is 46.9 Å². The van der Waals surface area contributed by atoms with Crippen LogP contribution in [0.2, 0.25) is 0 Å². The first-order chi connectivity index (χ1) is 23.3. The summed E-state index contributed by atoms with van der Waals surface area (Å²) in [6.07, 6.45) is 4.29. The third kappa shape index (κ3) is 6.13. The number of carbonyl (C=O) groups is 1. The zero-order chi connectivity index (χ0) is 33.4. The van der Waals surface area contributed by atoms with E-state index in [0.29, 0.717) is 63.4 Å². The van der Waals surface area contributed by atoms with Gasteiger partial charge in [0.25, 0.3) is 0 Å². The third-order valence-electron chi connectivity index (χ3n) is 10.7. The van der Waals surface area contributed by atoms with Gasteiger partial charge in [-0.2, -0.15) is 9.97 Å². The number of aromatic nitrogens is 2. The van der Waals surface area contributed by atoms with Crippen LogP contribution in [0.4, 0.5) is 20.3 Å². The van der Waals surface area contributed by atoms with Gasteiger partial charge >= 0.3 is 12.0 Å². The topological polar surface area (TPSA) is 89.5 Å². The largest absolute Gasteiger partial charge is 0.469 e. The number of fused-ring (bicyclic) bond motifs is 3. The van der Waals surface area contributed by atoms with Gasteiger partial charge in [-0.1, -0.05) is 13.0 Å². The third-order valence-corrected chi connectivity index (χ3v) is 10.7. The normalized spacial score (nSPS) is 24.1. The van der Waals surface area contributed by atoms with E-state index in [9.17, 15) is 9.18 Å². The summed E-state index contributed by atoms with van der Waals surface area (Å²) >= 11 is 0. The van der Waals surface area contributed by atoms with Crippen molar-refractivity contribution in [3.63, 3.8) is 0 Å². The van der Waals surface area contributed by atoms with Crippen LogP contribution in [0.5, 0.6) is 11.8 Å². The number of ether oxygens (including phenoxy) is 4. The van der Waals surface area contributed by atoms with E-state index in [1.54, 1.807) is 13.2 Å². The Morgan fingerprint density at radius 2 is 1.94 bits per heavy atom. The maximum atomic E-state index is 15.2. The molecule has 0 saturated carbocycles. The van der Waals surface area contributed by atoms with Gasteiger partial charge in [0.1, 0.15) is 30.2 Å². The minimum atomic E-state index is -0.859. The van der Waals surface area contributed by atoms with Crippen molar-refractivity contribution in [1.82, 2.24) is 14.9 Å². The lowest BCUT2D eigenvalue weighted by Crippen LogP contribution is -2.44. The number of carbonyl (C=O) groups excluding carboxylic acids is 1.